The normalized spacial score (nSPS) is 11.2. The number of carbonyl (C=O) groups excluding carboxylic acids is 1. The van der Waals surface area contributed by atoms with E-state index in [2.05, 4.69) is 15.6 Å². The summed E-state index contributed by atoms with van der Waals surface area (Å²) in [6.45, 7) is 2.80. The number of aryl methyl sites for hydroxylation is 1. The van der Waals surface area contributed by atoms with Gasteiger partial charge < -0.3 is 15.8 Å². The van der Waals surface area contributed by atoms with Gasteiger partial charge in [0.05, 0.1) is 23.9 Å². The quantitative estimate of drug-likeness (QED) is 0.441. The van der Waals surface area contributed by atoms with Crippen molar-refractivity contribution in [2.45, 2.75) is 13.3 Å². The van der Waals surface area contributed by atoms with Crippen LogP contribution in [0.3, 0.4) is 0 Å². The highest BCUT2D eigenvalue weighted by Crippen LogP contribution is 2.26. The average Bonchev–Trinajstić information content (AvgIpc) is 2.41. The lowest BCUT2D eigenvalue weighted by Gasteiger charge is -2.12. The average molecular weight is 299 g/mol. The van der Waals surface area contributed by atoms with Gasteiger partial charge in [0.25, 0.3) is 0 Å². The fourth-order valence-electron chi connectivity index (χ4n) is 1.56. The maximum atomic E-state index is 11.8. The van der Waals surface area contributed by atoms with Crippen LogP contribution in [0, 0.1) is 0 Å². The Hall–Kier alpha value is -1.79. The summed E-state index contributed by atoms with van der Waals surface area (Å²) in [4.78, 5) is 15.7. The molecule has 1 aromatic rings. The van der Waals surface area contributed by atoms with Crippen LogP contribution in [-0.4, -0.2) is 32.3 Å². The number of amides is 2. The van der Waals surface area contributed by atoms with Crippen molar-refractivity contribution in [2.24, 2.45) is 10.7 Å². The van der Waals surface area contributed by atoms with Gasteiger partial charge in [0.1, 0.15) is 0 Å². The molecule has 0 atom stereocenters. The Morgan fingerprint density at radius 2 is 2.25 bits per heavy atom. The Kier molecular flexibility index (Phi) is 6.83. The summed E-state index contributed by atoms with van der Waals surface area (Å²) in [6.07, 6.45) is 0.758. The third-order valence-corrected chi connectivity index (χ3v) is 2.85. The molecule has 0 aliphatic rings. The number of hydrogen-bond donors (Lipinski definition) is 3. The highest BCUT2D eigenvalue weighted by molar-refractivity contribution is 6.34. The predicted octanol–water partition coefficient (Wildman–Crippen LogP) is 1.98. The van der Waals surface area contributed by atoms with Crippen LogP contribution in [0.2, 0.25) is 5.02 Å². The molecule has 1 rings (SSSR count). The van der Waals surface area contributed by atoms with E-state index >= 15 is 0 Å². The molecule has 0 saturated heterocycles. The number of ether oxygens (including phenoxy) is 1. The summed E-state index contributed by atoms with van der Waals surface area (Å²) in [6, 6.07) is 4.97. The number of nitrogens with two attached hydrogens (primary N) is 1. The van der Waals surface area contributed by atoms with E-state index in [0.717, 1.165) is 12.0 Å². The molecule has 0 aliphatic heterocycles. The molecule has 0 spiro atoms. The fourth-order valence-corrected chi connectivity index (χ4v) is 1.80. The third-order valence-electron chi connectivity index (χ3n) is 2.54. The lowest BCUT2D eigenvalue weighted by molar-refractivity contribution is 0.208. The first-order valence-electron chi connectivity index (χ1n) is 6.22. The van der Waals surface area contributed by atoms with E-state index in [1.165, 1.54) is 0 Å². The summed E-state index contributed by atoms with van der Waals surface area (Å²) in [5.41, 5.74) is 7.10. The zero-order chi connectivity index (χ0) is 15.0. The number of aliphatic imine (C=N–C) groups is 1. The third kappa shape index (κ3) is 5.07. The van der Waals surface area contributed by atoms with E-state index in [1.54, 1.807) is 13.2 Å². The number of urea groups is 1. The van der Waals surface area contributed by atoms with E-state index in [9.17, 15) is 4.79 Å². The van der Waals surface area contributed by atoms with Gasteiger partial charge in [0, 0.05) is 7.11 Å². The fraction of sp³-hybridized carbons (Fsp3) is 0.385. The van der Waals surface area contributed by atoms with E-state index in [-0.39, 0.29) is 5.96 Å². The van der Waals surface area contributed by atoms with Crippen molar-refractivity contribution in [3.05, 3.63) is 28.8 Å². The topological polar surface area (TPSA) is 88.7 Å². The zero-order valence-electron chi connectivity index (χ0n) is 11.6. The SMILES string of the molecule is CCc1cccc(Cl)c1NC(=O)NC(N)=NCCOC. The molecule has 1 aromatic carbocycles. The van der Waals surface area contributed by atoms with Crippen LogP contribution in [0.1, 0.15) is 12.5 Å². The monoisotopic (exact) mass is 298 g/mol. The minimum Gasteiger partial charge on any atom is -0.383 e. The maximum absolute atomic E-state index is 11.8. The Bertz CT molecular complexity index is 491. The van der Waals surface area contributed by atoms with E-state index < -0.39 is 6.03 Å². The lowest BCUT2D eigenvalue weighted by Crippen LogP contribution is -2.40. The summed E-state index contributed by atoms with van der Waals surface area (Å²) in [5, 5.41) is 5.59. The molecule has 0 aromatic heterocycles. The van der Waals surface area contributed by atoms with Gasteiger partial charge in [-0.15, -0.1) is 0 Å². The van der Waals surface area contributed by atoms with Gasteiger partial charge in [-0.1, -0.05) is 30.7 Å². The Morgan fingerprint density at radius 1 is 1.50 bits per heavy atom. The highest BCUT2D eigenvalue weighted by Gasteiger charge is 2.10. The first-order chi connectivity index (χ1) is 9.58. The lowest BCUT2D eigenvalue weighted by atomic mass is 10.1. The van der Waals surface area contributed by atoms with Crippen LogP contribution in [0.4, 0.5) is 10.5 Å². The number of rotatable bonds is 5. The number of para-hydroxylation sites is 1. The van der Waals surface area contributed by atoms with E-state index in [4.69, 9.17) is 22.1 Å². The van der Waals surface area contributed by atoms with Crippen molar-refractivity contribution in [1.29, 1.82) is 0 Å². The van der Waals surface area contributed by atoms with Gasteiger partial charge >= 0.3 is 6.03 Å². The molecule has 0 heterocycles. The molecule has 2 amide bonds. The van der Waals surface area contributed by atoms with E-state index in [0.29, 0.717) is 23.9 Å². The first-order valence-corrected chi connectivity index (χ1v) is 6.60. The van der Waals surface area contributed by atoms with Gasteiger partial charge in [-0.25, -0.2) is 4.79 Å². The number of nitrogens with one attached hydrogen (secondary N) is 2. The van der Waals surface area contributed by atoms with Gasteiger partial charge in [0.15, 0.2) is 5.96 Å². The minimum absolute atomic E-state index is 0.0321. The summed E-state index contributed by atoms with van der Waals surface area (Å²) in [5.74, 6) is 0.0321. The molecule has 20 heavy (non-hydrogen) atoms. The second kappa shape index (κ2) is 8.39. The van der Waals surface area contributed by atoms with Crippen LogP contribution < -0.4 is 16.4 Å². The first kappa shape index (κ1) is 16.3. The Labute approximate surface area is 123 Å². The van der Waals surface area contributed by atoms with Gasteiger partial charge in [0.2, 0.25) is 0 Å². The predicted molar refractivity (Wildman–Crippen MR) is 81.3 cm³/mol. The Balaban J connectivity index is 2.65. The summed E-state index contributed by atoms with van der Waals surface area (Å²) in [7, 11) is 1.57. The molecular formula is C13H19ClN4O2. The summed E-state index contributed by atoms with van der Waals surface area (Å²) < 4.78 is 4.83. The molecule has 110 valence electrons. The van der Waals surface area contributed by atoms with Gasteiger partial charge in [-0.05, 0) is 18.1 Å². The number of anilines is 1. The highest BCUT2D eigenvalue weighted by atomic mass is 35.5. The standard InChI is InChI=1S/C13H19ClN4O2/c1-3-9-5-4-6-10(14)11(9)17-13(19)18-12(15)16-7-8-20-2/h4-6H,3,7-8H2,1-2H3,(H4,15,16,17,18,19). The smallest absolute Gasteiger partial charge is 0.326 e. The molecule has 0 fully saturated rings. The number of benzene rings is 1. The number of halogens is 1. The van der Waals surface area contributed by atoms with Gasteiger partial charge in [-0.3, -0.25) is 10.3 Å². The minimum atomic E-state index is -0.480. The molecule has 0 unspecified atom stereocenters. The van der Waals surface area contributed by atoms with Crippen LogP contribution in [-0.2, 0) is 11.2 Å². The van der Waals surface area contributed by atoms with Crippen LogP contribution in [0.25, 0.3) is 0 Å². The van der Waals surface area contributed by atoms with Crippen molar-refractivity contribution in [3.63, 3.8) is 0 Å². The van der Waals surface area contributed by atoms with Crippen LogP contribution in [0.15, 0.2) is 23.2 Å². The summed E-state index contributed by atoms with van der Waals surface area (Å²) >= 11 is 6.07. The number of methoxy groups -OCH3 is 1. The molecule has 0 radical (unpaired) electrons. The van der Waals surface area contributed by atoms with Crippen LogP contribution >= 0.6 is 11.6 Å². The maximum Gasteiger partial charge on any atom is 0.326 e. The van der Waals surface area contributed by atoms with Crippen molar-refractivity contribution in [1.82, 2.24) is 5.32 Å². The van der Waals surface area contributed by atoms with Crippen molar-refractivity contribution in [3.8, 4) is 0 Å². The van der Waals surface area contributed by atoms with Crippen molar-refractivity contribution >= 4 is 29.3 Å². The number of hydrogen-bond acceptors (Lipinski definition) is 3. The molecule has 4 N–H and O–H groups in total. The van der Waals surface area contributed by atoms with E-state index in [1.807, 2.05) is 19.1 Å². The molecule has 6 nitrogen and oxygen atoms in total. The molecule has 0 aliphatic carbocycles. The second-order valence-electron chi connectivity index (χ2n) is 3.97. The van der Waals surface area contributed by atoms with Crippen molar-refractivity contribution < 1.29 is 9.53 Å². The van der Waals surface area contributed by atoms with Crippen LogP contribution in [0.5, 0.6) is 0 Å². The molecule has 7 heteroatoms. The molecule has 0 bridgehead atoms. The molecule has 0 saturated carbocycles. The zero-order valence-corrected chi connectivity index (χ0v) is 12.3. The van der Waals surface area contributed by atoms with Gasteiger partial charge in [-0.2, -0.15) is 0 Å². The largest absolute Gasteiger partial charge is 0.383 e. The molecular weight excluding hydrogens is 280 g/mol. The Morgan fingerprint density at radius 3 is 2.90 bits per heavy atom. The van der Waals surface area contributed by atoms with Crippen molar-refractivity contribution in [2.75, 3.05) is 25.6 Å². The second-order valence-corrected chi connectivity index (χ2v) is 4.37. The number of nitrogens with zero attached hydrogens (tertiary/aromatic N) is 1. The number of carbonyl (C=O) groups is 1. The number of guanidine groups is 1.